The molecule has 0 amide bonds. The van der Waals surface area contributed by atoms with Gasteiger partial charge in [-0.3, -0.25) is 9.59 Å². The van der Waals surface area contributed by atoms with Crippen LogP contribution in [0.15, 0.2) is 176 Å². The molecule has 2 N–H and O–H groups in total. The molecule has 53 heavy (non-hydrogen) atoms. The largest absolute Gasteiger partial charge is 0.478 e. The van der Waals surface area contributed by atoms with E-state index in [9.17, 15) is 19.2 Å². The fraction of sp³-hybridized carbons (Fsp3) is 0.0638. The molecule has 6 rings (SSSR count). The summed E-state index contributed by atoms with van der Waals surface area (Å²) in [5.74, 6) is -3.26. The molecule has 6 aromatic carbocycles. The van der Waals surface area contributed by atoms with Gasteiger partial charge in [0.2, 0.25) is 0 Å². The van der Waals surface area contributed by atoms with Gasteiger partial charge in [0.15, 0.2) is 11.6 Å². The number of carboxylic acid groups (broad SMARTS) is 2. The first kappa shape index (κ1) is 35.9. The van der Waals surface area contributed by atoms with Crippen LogP contribution in [0.5, 0.6) is 0 Å². The molecular weight excluding hydrogens is 661 g/mol. The van der Waals surface area contributed by atoms with Gasteiger partial charge in [-0.25, -0.2) is 9.59 Å². The van der Waals surface area contributed by atoms with Crippen LogP contribution >= 0.6 is 0 Å². The fourth-order valence-electron chi connectivity index (χ4n) is 6.53. The topological polar surface area (TPSA) is 109 Å². The zero-order valence-corrected chi connectivity index (χ0v) is 28.8. The van der Waals surface area contributed by atoms with Crippen LogP contribution in [0.3, 0.4) is 0 Å². The smallest absolute Gasteiger partial charge is 0.328 e. The van der Waals surface area contributed by atoms with Crippen LogP contribution in [-0.4, -0.2) is 33.7 Å². The van der Waals surface area contributed by atoms with Crippen molar-refractivity contribution in [3.63, 3.8) is 0 Å². The Balaban J connectivity index is 1.51. The highest BCUT2D eigenvalue weighted by Crippen LogP contribution is 2.39. The molecule has 0 bridgehead atoms. The second-order valence-corrected chi connectivity index (χ2v) is 12.6. The molecule has 0 spiro atoms. The Kier molecular flexibility index (Phi) is 11.4. The number of allylic oxidation sites excluding steroid dienone is 2. The minimum Gasteiger partial charge on any atom is -0.478 e. The van der Waals surface area contributed by atoms with Gasteiger partial charge < -0.3 is 10.2 Å². The number of hydrogen-bond acceptors (Lipinski definition) is 4. The van der Waals surface area contributed by atoms with Gasteiger partial charge in [-0.15, -0.1) is 0 Å². The molecule has 0 saturated carbocycles. The number of carboxylic acids is 2. The summed E-state index contributed by atoms with van der Waals surface area (Å²) in [5, 5.41) is 18.1. The molecular formula is C47H36O6. The summed E-state index contributed by atoms with van der Waals surface area (Å²) in [6, 6.07) is 50.3. The van der Waals surface area contributed by atoms with Gasteiger partial charge in [0.1, 0.15) is 0 Å². The van der Waals surface area contributed by atoms with Gasteiger partial charge >= 0.3 is 11.9 Å². The lowest BCUT2D eigenvalue weighted by atomic mass is 9.80. The van der Waals surface area contributed by atoms with Crippen molar-refractivity contribution < 1.29 is 29.4 Å². The summed E-state index contributed by atoms with van der Waals surface area (Å²) in [5.41, 5.74) is 10.3. The number of ketones is 2. The van der Waals surface area contributed by atoms with Crippen LogP contribution in [0.1, 0.15) is 33.7 Å². The molecule has 0 aromatic heterocycles. The third kappa shape index (κ3) is 9.25. The Labute approximate surface area is 308 Å². The van der Waals surface area contributed by atoms with E-state index in [1.807, 2.05) is 103 Å². The fourth-order valence-corrected chi connectivity index (χ4v) is 6.53. The summed E-state index contributed by atoms with van der Waals surface area (Å²) in [7, 11) is 0. The van der Waals surface area contributed by atoms with E-state index < -0.39 is 11.9 Å². The average molecular weight is 697 g/mol. The zero-order valence-electron chi connectivity index (χ0n) is 28.8. The van der Waals surface area contributed by atoms with Crippen molar-refractivity contribution in [1.82, 2.24) is 0 Å². The summed E-state index contributed by atoms with van der Waals surface area (Å²) < 4.78 is 0. The number of aliphatic carboxylic acids is 2. The monoisotopic (exact) mass is 696 g/mol. The molecule has 0 aliphatic heterocycles. The second-order valence-electron chi connectivity index (χ2n) is 12.6. The SMILES string of the molecule is O=C(O)/C=C/C(=O)Cc1ccc(C(c2ccc(-c3ccccc3)cc2)c2ccc(CC(=O)/C=C/C(=O)O)c(-c3ccccc3)c2)cc1-c1ccccc1. The molecule has 0 fully saturated rings. The van der Waals surface area contributed by atoms with E-state index in [0.717, 1.165) is 85.5 Å². The Bertz CT molecular complexity index is 2180. The standard InChI is InChI=1S/C47H36O6/c48-41(24-26-45(50)51)28-37-20-22-39(30-43(37)34-12-6-2-7-13-34)47(36-18-16-33(17-19-36)32-10-4-1-5-11-32)40-23-21-38(29-42(49)25-27-46(52)53)44(31-40)35-14-8-3-9-15-35/h1-27,30-31,47H,28-29H2,(H,50,51)(H,52,53)/b26-24+,27-25+. The molecule has 6 heteroatoms. The van der Waals surface area contributed by atoms with Gasteiger partial charge in [-0.1, -0.05) is 140 Å². The number of benzene rings is 6. The van der Waals surface area contributed by atoms with Crippen LogP contribution in [0.25, 0.3) is 33.4 Å². The molecule has 6 aromatic rings. The van der Waals surface area contributed by atoms with E-state index in [2.05, 4.69) is 48.5 Å². The quantitative estimate of drug-likeness (QED) is 0.0868. The lowest BCUT2D eigenvalue weighted by Gasteiger charge is -2.23. The maximum absolute atomic E-state index is 12.9. The van der Waals surface area contributed by atoms with E-state index in [4.69, 9.17) is 10.2 Å². The summed E-state index contributed by atoms with van der Waals surface area (Å²) >= 11 is 0. The normalized spacial score (nSPS) is 11.3. The molecule has 0 aliphatic carbocycles. The van der Waals surface area contributed by atoms with Gasteiger partial charge in [-0.2, -0.15) is 0 Å². The third-order valence-electron chi connectivity index (χ3n) is 9.01. The van der Waals surface area contributed by atoms with Gasteiger partial charge in [0, 0.05) is 30.9 Å². The van der Waals surface area contributed by atoms with Crippen molar-refractivity contribution in [2.45, 2.75) is 18.8 Å². The summed E-state index contributed by atoms with van der Waals surface area (Å²) in [6.07, 6.45) is 3.97. The number of hydrogen-bond donors (Lipinski definition) is 2. The van der Waals surface area contributed by atoms with Crippen molar-refractivity contribution >= 4 is 23.5 Å². The van der Waals surface area contributed by atoms with E-state index >= 15 is 0 Å². The van der Waals surface area contributed by atoms with Gasteiger partial charge in [0.05, 0.1) is 0 Å². The van der Waals surface area contributed by atoms with E-state index in [1.165, 1.54) is 0 Å². The Morgan fingerprint density at radius 1 is 0.415 bits per heavy atom. The highest BCUT2D eigenvalue weighted by molar-refractivity contribution is 5.98. The number of carbonyl (C=O) groups excluding carboxylic acids is 2. The molecule has 0 heterocycles. The minimum absolute atomic E-state index is 0.0297. The maximum Gasteiger partial charge on any atom is 0.328 e. The second kappa shape index (κ2) is 16.9. The Hall–Kier alpha value is -6.92. The molecule has 0 unspecified atom stereocenters. The molecule has 0 radical (unpaired) electrons. The van der Waals surface area contributed by atoms with Gasteiger partial charge in [0.25, 0.3) is 0 Å². The lowest BCUT2D eigenvalue weighted by Crippen LogP contribution is -2.08. The summed E-state index contributed by atoms with van der Waals surface area (Å²) in [4.78, 5) is 47.9. The van der Waals surface area contributed by atoms with Crippen molar-refractivity contribution in [3.05, 3.63) is 204 Å². The highest BCUT2D eigenvalue weighted by Gasteiger charge is 2.22. The van der Waals surface area contributed by atoms with Gasteiger partial charge in [-0.05, 0) is 85.5 Å². The number of rotatable bonds is 14. The average Bonchev–Trinajstić information content (AvgIpc) is 3.18. The van der Waals surface area contributed by atoms with Crippen molar-refractivity contribution in [2.75, 3.05) is 0 Å². The molecule has 6 nitrogen and oxygen atoms in total. The third-order valence-corrected chi connectivity index (χ3v) is 9.01. The number of carbonyl (C=O) groups is 4. The van der Waals surface area contributed by atoms with E-state index in [0.29, 0.717) is 0 Å². The minimum atomic E-state index is -1.18. The molecule has 260 valence electrons. The predicted molar refractivity (Wildman–Crippen MR) is 208 cm³/mol. The first-order valence-corrected chi connectivity index (χ1v) is 17.1. The maximum atomic E-state index is 12.9. The van der Waals surface area contributed by atoms with Crippen LogP contribution < -0.4 is 0 Å². The first-order chi connectivity index (χ1) is 25.7. The van der Waals surface area contributed by atoms with Crippen LogP contribution in [0.2, 0.25) is 0 Å². The lowest BCUT2D eigenvalue weighted by molar-refractivity contribution is -0.132. The zero-order chi connectivity index (χ0) is 37.2. The van der Waals surface area contributed by atoms with Crippen molar-refractivity contribution in [3.8, 4) is 33.4 Å². The van der Waals surface area contributed by atoms with Crippen molar-refractivity contribution in [2.24, 2.45) is 0 Å². The van der Waals surface area contributed by atoms with E-state index in [1.54, 1.807) is 0 Å². The van der Waals surface area contributed by atoms with Crippen molar-refractivity contribution in [1.29, 1.82) is 0 Å². The summed E-state index contributed by atoms with van der Waals surface area (Å²) in [6.45, 7) is 0. The van der Waals surface area contributed by atoms with Crippen LogP contribution in [-0.2, 0) is 32.0 Å². The Morgan fingerprint density at radius 2 is 0.774 bits per heavy atom. The first-order valence-electron chi connectivity index (χ1n) is 17.1. The molecule has 0 atom stereocenters. The molecule has 0 aliphatic rings. The van der Waals surface area contributed by atoms with Crippen LogP contribution in [0, 0.1) is 0 Å². The highest BCUT2D eigenvalue weighted by atomic mass is 16.4. The Morgan fingerprint density at radius 3 is 1.17 bits per heavy atom. The van der Waals surface area contributed by atoms with Crippen LogP contribution in [0.4, 0.5) is 0 Å². The van der Waals surface area contributed by atoms with E-state index in [-0.39, 0.29) is 30.3 Å². The predicted octanol–water partition coefficient (Wildman–Crippen LogP) is 9.37. The molecule has 0 saturated heterocycles.